The average molecular weight is 312 g/mol. The van der Waals surface area contributed by atoms with E-state index in [1.807, 2.05) is 38.4 Å². The summed E-state index contributed by atoms with van der Waals surface area (Å²) in [6.07, 6.45) is 1.67. The van der Waals surface area contributed by atoms with E-state index in [-0.39, 0.29) is 0 Å². The van der Waals surface area contributed by atoms with Gasteiger partial charge in [-0.25, -0.2) is 4.98 Å². The molecule has 0 saturated heterocycles. The summed E-state index contributed by atoms with van der Waals surface area (Å²) in [4.78, 5) is 6.30. The normalized spacial score (nSPS) is 10.8. The van der Waals surface area contributed by atoms with Crippen LogP contribution in [0.3, 0.4) is 0 Å². The highest BCUT2D eigenvalue weighted by molar-refractivity contribution is 7.15. The minimum Gasteiger partial charge on any atom is -0.492 e. The molecule has 2 aromatic rings. The smallest absolute Gasteiger partial charge is 0.121 e. The zero-order chi connectivity index (χ0) is 14.4. The van der Waals surface area contributed by atoms with E-state index in [0.29, 0.717) is 17.5 Å². The molecule has 0 saturated carbocycles. The minimum absolute atomic E-state index is 0.665. The average Bonchev–Trinajstić information content (AvgIpc) is 2.82. The number of nitrogens with zero attached hydrogens (tertiary/aromatic N) is 2. The van der Waals surface area contributed by atoms with Crippen molar-refractivity contribution in [3.63, 3.8) is 0 Å². The molecule has 0 radical (unpaired) electrons. The fourth-order valence-electron chi connectivity index (χ4n) is 1.59. The van der Waals surface area contributed by atoms with Crippen LogP contribution in [0.2, 0.25) is 4.34 Å². The van der Waals surface area contributed by atoms with Gasteiger partial charge in [-0.2, -0.15) is 0 Å². The van der Waals surface area contributed by atoms with Crippen LogP contribution < -0.4 is 10.1 Å². The maximum Gasteiger partial charge on any atom is 0.121 e. The Balaban J connectivity index is 1.85. The van der Waals surface area contributed by atoms with Gasteiger partial charge in [-0.05, 0) is 26.2 Å². The van der Waals surface area contributed by atoms with Crippen molar-refractivity contribution in [1.82, 2.24) is 9.88 Å². The molecule has 6 heteroatoms. The van der Waals surface area contributed by atoms with Crippen molar-refractivity contribution in [3.8, 4) is 5.75 Å². The van der Waals surface area contributed by atoms with Gasteiger partial charge in [0, 0.05) is 18.3 Å². The highest BCUT2D eigenvalue weighted by Crippen LogP contribution is 2.21. The first-order valence-corrected chi connectivity index (χ1v) is 7.54. The van der Waals surface area contributed by atoms with Gasteiger partial charge in [0.15, 0.2) is 0 Å². The Bertz CT molecular complexity index is 545. The van der Waals surface area contributed by atoms with Crippen LogP contribution in [0.15, 0.2) is 30.5 Å². The van der Waals surface area contributed by atoms with Crippen molar-refractivity contribution >= 4 is 28.6 Å². The molecular weight excluding hydrogens is 294 g/mol. The molecule has 0 amide bonds. The number of hydrogen-bond donors (Lipinski definition) is 1. The quantitative estimate of drug-likeness (QED) is 0.851. The summed E-state index contributed by atoms with van der Waals surface area (Å²) in [6, 6.07) is 7.93. The van der Waals surface area contributed by atoms with Crippen molar-refractivity contribution in [1.29, 1.82) is 0 Å². The van der Waals surface area contributed by atoms with Crippen molar-refractivity contribution < 1.29 is 4.74 Å². The van der Waals surface area contributed by atoms with Gasteiger partial charge in [0.1, 0.15) is 21.7 Å². The number of nitrogens with one attached hydrogen (secondary N) is 1. The Morgan fingerprint density at radius 2 is 2.25 bits per heavy atom. The highest BCUT2D eigenvalue weighted by atomic mass is 35.5. The van der Waals surface area contributed by atoms with Gasteiger partial charge < -0.3 is 15.0 Å². The number of hydrogen-bond acceptors (Lipinski definition) is 5. The van der Waals surface area contributed by atoms with Gasteiger partial charge in [0.2, 0.25) is 0 Å². The molecule has 0 fully saturated rings. The second kappa shape index (κ2) is 7.47. The second-order valence-electron chi connectivity index (χ2n) is 4.59. The Kier molecular flexibility index (Phi) is 5.64. The summed E-state index contributed by atoms with van der Waals surface area (Å²) in [7, 11) is 4.06. The molecule has 4 nitrogen and oxygen atoms in total. The molecule has 20 heavy (non-hydrogen) atoms. The number of ether oxygens (including phenoxy) is 1. The molecular formula is C14H18ClN3OS. The number of anilines is 1. The first-order chi connectivity index (χ1) is 9.63. The lowest BCUT2D eigenvalue weighted by molar-refractivity contribution is 0.261. The summed E-state index contributed by atoms with van der Waals surface area (Å²) >= 11 is 7.34. The van der Waals surface area contributed by atoms with E-state index in [2.05, 4.69) is 15.2 Å². The van der Waals surface area contributed by atoms with E-state index in [9.17, 15) is 0 Å². The molecule has 0 aliphatic rings. The lowest BCUT2D eigenvalue weighted by Gasteiger charge is -2.12. The van der Waals surface area contributed by atoms with E-state index in [1.54, 1.807) is 6.20 Å². The van der Waals surface area contributed by atoms with E-state index >= 15 is 0 Å². The van der Waals surface area contributed by atoms with Crippen LogP contribution >= 0.6 is 22.9 Å². The SMILES string of the molecule is CN(C)CCOc1cccc(NCc2ncc(Cl)s2)c1. The molecule has 1 aromatic heterocycles. The number of halogens is 1. The van der Waals surface area contributed by atoms with Crippen LogP contribution in [0.5, 0.6) is 5.75 Å². The molecule has 0 spiro atoms. The van der Waals surface area contributed by atoms with Gasteiger partial charge in [-0.3, -0.25) is 0 Å². The van der Waals surface area contributed by atoms with Crippen LogP contribution in [0.1, 0.15) is 5.01 Å². The zero-order valence-corrected chi connectivity index (χ0v) is 13.2. The van der Waals surface area contributed by atoms with E-state index in [1.165, 1.54) is 11.3 Å². The van der Waals surface area contributed by atoms with Crippen molar-refractivity contribution in [3.05, 3.63) is 39.8 Å². The van der Waals surface area contributed by atoms with Crippen LogP contribution in [0.25, 0.3) is 0 Å². The molecule has 1 N–H and O–H groups in total. The first kappa shape index (κ1) is 15.1. The summed E-state index contributed by atoms with van der Waals surface area (Å²) in [6.45, 7) is 2.24. The minimum atomic E-state index is 0.665. The maximum atomic E-state index is 5.85. The Morgan fingerprint density at radius 3 is 2.95 bits per heavy atom. The summed E-state index contributed by atoms with van der Waals surface area (Å²) in [5.74, 6) is 0.869. The molecule has 108 valence electrons. The fraction of sp³-hybridized carbons (Fsp3) is 0.357. The zero-order valence-electron chi connectivity index (χ0n) is 11.6. The third kappa shape index (κ3) is 5.00. The number of rotatable bonds is 7. The predicted octanol–water partition coefficient (Wildman–Crippen LogP) is 3.35. The second-order valence-corrected chi connectivity index (χ2v) is 6.34. The monoisotopic (exact) mass is 311 g/mol. The van der Waals surface area contributed by atoms with Gasteiger partial charge in [-0.15, -0.1) is 11.3 Å². The summed E-state index contributed by atoms with van der Waals surface area (Å²) < 4.78 is 6.41. The molecule has 1 heterocycles. The van der Waals surface area contributed by atoms with Crippen LogP contribution in [0.4, 0.5) is 5.69 Å². The molecule has 0 atom stereocenters. The molecule has 0 aliphatic carbocycles. The Hall–Kier alpha value is -1.30. The summed E-state index contributed by atoms with van der Waals surface area (Å²) in [5, 5.41) is 4.28. The molecule has 1 aromatic carbocycles. The standard InChI is InChI=1S/C14H18ClN3OS/c1-18(2)6-7-19-12-5-3-4-11(8-12)16-10-14-17-9-13(15)20-14/h3-5,8-9,16H,6-7,10H2,1-2H3. The molecule has 2 rings (SSSR count). The predicted molar refractivity (Wildman–Crippen MR) is 84.9 cm³/mol. The van der Waals surface area contributed by atoms with Crippen LogP contribution in [-0.4, -0.2) is 37.1 Å². The Labute approximate surface area is 128 Å². The molecule has 0 unspecified atom stereocenters. The number of benzene rings is 1. The van der Waals surface area contributed by atoms with Crippen LogP contribution in [-0.2, 0) is 6.54 Å². The van der Waals surface area contributed by atoms with Gasteiger partial charge in [-0.1, -0.05) is 17.7 Å². The number of aromatic nitrogens is 1. The van der Waals surface area contributed by atoms with E-state index in [0.717, 1.165) is 23.0 Å². The number of thiazole rings is 1. The largest absolute Gasteiger partial charge is 0.492 e. The van der Waals surface area contributed by atoms with Gasteiger partial charge in [0.05, 0.1) is 12.7 Å². The first-order valence-electron chi connectivity index (χ1n) is 6.35. The van der Waals surface area contributed by atoms with Crippen molar-refractivity contribution in [2.24, 2.45) is 0 Å². The number of likely N-dealkylation sites (N-methyl/N-ethyl adjacent to an activating group) is 1. The third-order valence-corrected chi connectivity index (χ3v) is 3.73. The van der Waals surface area contributed by atoms with E-state index < -0.39 is 0 Å². The van der Waals surface area contributed by atoms with Crippen LogP contribution in [0, 0.1) is 0 Å². The molecule has 0 bridgehead atoms. The molecule has 0 aliphatic heterocycles. The maximum absolute atomic E-state index is 5.85. The van der Waals surface area contributed by atoms with Crippen molar-refractivity contribution in [2.45, 2.75) is 6.54 Å². The lowest BCUT2D eigenvalue weighted by atomic mass is 10.3. The van der Waals surface area contributed by atoms with Crippen molar-refractivity contribution in [2.75, 3.05) is 32.6 Å². The summed E-state index contributed by atoms with van der Waals surface area (Å²) in [5.41, 5.74) is 1.01. The topological polar surface area (TPSA) is 37.4 Å². The highest BCUT2D eigenvalue weighted by Gasteiger charge is 2.01. The Morgan fingerprint density at radius 1 is 1.40 bits per heavy atom. The lowest BCUT2D eigenvalue weighted by Crippen LogP contribution is -2.19. The fourth-order valence-corrected chi connectivity index (χ4v) is 2.49. The van der Waals surface area contributed by atoms with Gasteiger partial charge in [0.25, 0.3) is 0 Å². The van der Waals surface area contributed by atoms with E-state index in [4.69, 9.17) is 16.3 Å². The third-order valence-electron chi connectivity index (χ3n) is 2.61. The van der Waals surface area contributed by atoms with Gasteiger partial charge >= 0.3 is 0 Å².